The zero-order chi connectivity index (χ0) is 11.4. The van der Waals surface area contributed by atoms with Gasteiger partial charge in [0.2, 0.25) is 0 Å². The second-order valence-corrected chi connectivity index (χ2v) is 4.71. The van der Waals surface area contributed by atoms with Gasteiger partial charge in [0.15, 0.2) is 0 Å². The van der Waals surface area contributed by atoms with Gasteiger partial charge >= 0.3 is 5.97 Å². The summed E-state index contributed by atoms with van der Waals surface area (Å²) in [5.41, 5.74) is 1.00. The minimum absolute atomic E-state index is 0.174. The largest absolute Gasteiger partial charge is 0.469 e. The molecule has 0 unspecified atom stereocenters. The minimum atomic E-state index is -0.178. The van der Waals surface area contributed by atoms with Crippen molar-refractivity contribution in [3.05, 3.63) is 34.3 Å². The first-order valence-corrected chi connectivity index (χ1v) is 5.69. The van der Waals surface area contributed by atoms with Crippen LogP contribution < -0.4 is 0 Å². The first-order chi connectivity index (χ1) is 7.06. The van der Waals surface area contributed by atoms with Crippen LogP contribution in [-0.2, 0) is 9.53 Å². The highest BCUT2D eigenvalue weighted by Gasteiger charge is 2.24. The predicted octanol–water partition coefficient (Wildman–Crippen LogP) is 3.36. The molecule has 0 aliphatic heterocycles. The van der Waals surface area contributed by atoms with Crippen molar-refractivity contribution in [3.63, 3.8) is 0 Å². The fourth-order valence-electron chi connectivity index (χ4n) is 1.59. The van der Waals surface area contributed by atoms with Gasteiger partial charge in [-0.3, -0.25) is 4.79 Å². The average Bonchev–Trinajstić information content (AvgIpc) is 2.20. The van der Waals surface area contributed by atoms with Crippen LogP contribution in [0.2, 0.25) is 0 Å². The number of hydrogen-bond acceptors (Lipinski definition) is 2. The van der Waals surface area contributed by atoms with E-state index in [-0.39, 0.29) is 17.8 Å². The predicted molar refractivity (Wildman–Crippen MR) is 63.7 cm³/mol. The zero-order valence-corrected chi connectivity index (χ0v) is 10.7. The van der Waals surface area contributed by atoms with Gasteiger partial charge in [-0.1, -0.05) is 41.9 Å². The summed E-state index contributed by atoms with van der Waals surface area (Å²) in [7, 11) is 1.43. The van der Waals surface area contributed by atoms with Crippen molar-refractivity contribution in [2.75, 3.05) is 7.11 Å². The summed E-state index contributed by atoms with van der Waals surface area (Å²) >= 11 is 3.37. The molecule has 15 heavy (non-hydrogen) atoms. The van der Waals surface area contributed by atoms with Crippen molar-refractivity contribution in [1.29, 1.82) is 0 Å². The molecule has 0 saturated carbocycles. The Hall–Kier alpha value is -0.830. The molecule has 1 rings (SSSR count). The normalized spacial score (nSPS) is 12.6. The van der Waals surface area contributed by atoms with Crippen LogP contribution in [0.3, 0.4) is 0 Å². The summed E-state index contributed by atoms with van der Waals surface area (Å²) in [5.74, 6) is -0.117. The van der Waals surface area contributed by atoms with Gasteiger partial charge in [-0.15, -0.1) is 0 Å². The molecule has 0 fully saturated rings. The molecule has 1 atom stereocenters. The second-order valence-electron chi connectivity index (χ2n) is 3.80. The summed E-state index contributed by atoms with van der Waals surface area (Å²) < 4.78 is 5.82. The molecule has 0 N–H and O–H groups in total. The fraction of sp³-hybridized carbons (Fsp3) is 0.417. The number of ether oxygens (including phenoxy) is 1. The van der Waals surface area contributed by atoms with Crippen LogP contribution in [0.4, 0.5) is 0 Å². The first-order valence-electron chi connectivity index (χ1n) is 4.89. The Morgan fingerprint density at radius 3 is 2.20 bits per heavy atom. The monoisotopic (exact) mass is 270 g/mol. The quantitative estimate of drug-likeness (QED) is 0.788. The standard InChI is InChI=1S/C12H15BrO2/c1-8(2)11(12(14)15-3)9-4-6-10(13)7-5-9/h4-8,11H,1-3H3/t11-/m0/s1. The molecule has 0 heterocycles. The number of benzene rings is 1. The Morgan fingerprint density at radius 1 is 1.27 bits per heavy atom. The smallest absolute Gasteiger partial charge is 0.313 e. The average molecular weight is 271 g/mol. The van der Waals surface area contributed by atoms with E-state index >= 15 is 0 Å². The third kappa shape index (κ3) is 3.06. The molecule has 2 nitrogen and oxygen atoms in total. The third-order valence-corrected chi connectivity index (χ3v) is 2.88. The third-order valence-electron chi connectivity index (χ3n) is 2.35. The van der Waals surface area contributed by atoms with E-state index in [1.54, 1.807) is 0 Å². The van der Waals surface area contributed by atoms with Crippen LogP contribution in [0, 0.1) is 5.92 Å². The summed E-state index contributed by atoms with van der Waals surface area (Å²) in [6, 6.07) is 7.78. The Kier molecular flexibility index (Phi) is 4.33. The van der Waals surface area contributed by atoms with E-state index in [0.29, 0.717) is 0 Å². The number of halogens is 1. The van der Waals surface area contributed by atoms with Crippen LogP contribution >= 0.6 is 15.9 Å². The number of hydrogen-bond donors (Lipinski definition) is 0. The molecular weight excluding hydrogens is 256 g/mol. The highest BCUT2D eigenvalue weighted by molar-refractivity contribution is 9.10. The van der Waals surface area contributed by atoms with Crippen molar-refractivity contribution in [2.24, 2.45) is 5.92 Å². The second kappa shape index (κ2) is 5.31. The van der Waals surface area contributed by atoms with Crippen molar-refractivity contribution in [1.82, 2.24) is 0 Å². The Labute approximate surface area is 98.8 Å². The van der Waals surface area contributed by atoms with Crippen molar-refractivity contribution in [2.45, 2.75) is 19.8 Å². The Bertz CT molecular complexity index is 330. The highest BCUT2D eigenvalue weighted by atomic mass is 79.9. The molecule has 0 radical (unpaired) electrons. The molecule has 0 bridgehead atoms. The summed E-state index contributed by atoms with van der Waals surface area (Å²) in [6.45, 7) is 4.03. The highest BCUT2D eigenvalue weighted by Crippen LogP contribution is 2.26. The Balaban J connectivity index is 2.99. The molecule has 0 aliphatic rings. The molecule has 0 saturated heterocycles. The molecule has 1 aromatic rings. The van der Waals surface area contributed by atoms with Gasteiger partial charge < -0.3 is 4.74 Å². The summed E-state index contributed by atoms with van der Waals surface area (Å²) in [6.07, 6.45) is 0. The lowest BCUT2D eigenvalue weighted by atomic mass is 9.89. The van der Waals surface area contributed by atoms with Gasteiger partial charge in [0.05, 0.1) is 13.0 Å². The van der Waals surface area contributed by atoms with Gasteiger partial charge in [-0.25, -0.2) is 0 Å². The lowest BCUT2D eigenvalue weighted by Gasteiger charge is -2.18. The zero-order valence-electron chi connectivity index (χ0n) is 9.16. The van der Waals surface area contributed by atoms with Crippen LogP contribution in [0.5, 0.6) is 0 Å². The fourth-order valence-corrected chi connectivity index (χ4v) is 1.85. The number of carbonyl (C=O) groups is 1. The van der Waals surface area contributed by atoms with Crippen LogP contribution in [-0.4, -0.2) is 13.1 Å². The van der Waals surface area contributed by atoms with E-state index < -0.39 is 0 Å². The van der Waals surface area contributed by atoms with Crippen LogP contribution in [0.25, 0.3) is 0 Å². The lowest BCUT2D eigenvalue weighted by Crippen LogP contribution is -2.19. The molecule has 82 valence electrons. The summed E-state index contributed by atoms with van der Waals surface area (Å²) in [5, 5.41) is 0. The van der Waals surface area contributed by atoms with Gasteiger partial charge in [0.1, 0.15) is 0 Å². The number of methoxy groups -OCH3 is 1. The van der Waals surface area contributed by atoms with Crippen LogP contribution in [0.1, 0.15) is 25.3 Å². The maximum atomic E-state index is 11.6. The number of rotatable bonds is 3. The molecule has 3 heteroatoms. The molecule has 1 aromatic carbocycles. The first kappa shape index (κ1) is 12.2. The van der Waals surface area contributed by atoms with E-state index in [1.807, 2.05) is 38.1 Å². The van der Waals surface area contributed by atoms with Gasteiger partial charge in [-0.2, -0.15) is 0 Å². The Morgan fingerprint density at radius 2 is 1.80 bits per heavy atom. The van der Waals surface area contributed by atoms with Gasteiger partial charge in [-0.05, 0) is 23.6 Å². The topological polar surface area (TPSA) is 26.3 Å². The van der Waals surface area contributed by atoms with Crippen molar-refractivity contribution < 1.29 is 9.53 Å². The molecular formula is C12H15BrO2. The number of esters is 1. The van der Waals surface area contributed by atoms with Crippen molar-refractivity contribution in [3.8, 4) is 0 Å². The van der Waals surface area contributed by atoms with E-state index in [2.05, 4.69) is 15.9 Å². The van der Waals surface area contributed by atoms with Crippen LogP contribution in [0.15, 0.2) is 28.7 Å². The molecule has 0 amide bonds. The maximum absolute atomic E-state index is 11.6. The van der Waals surface area contributed by atoms with Gasteiger partial charge in [0.25, 0.3) is 0 Å². The number of carbonyl (C=O) groups excluding carboxylic acids is 1. The summed E-state index contributed by atoms with van der Waals surface area (Å²) in [4.78, 5) is 11.6. The van der Waals surface area contributed by atoms with E-state index in [4.69, 9.17) is 4.74 Å². The van der Waals surface area contributed by atoms with E-state index in [0.717, 1.165) is 10.0 Å². The minimum Gasteiger partial charge on any atom is -0.469 e. The van der Waals surface area contributed by atoms with Crippen molar-refractivity contribution >= 4 is 21.9 Å². The molecule has 0 spiro atoms. The maximum Gasteiger partial charge on any atom is 0.313 e. The van der Waals surface area contributed by atoms with E-state index in [9.17, 15) is 4.79 Å². The molecule has 0 aromatic heterocycles. The molecule has 0 aliphatic carbocycles. The lowest BCUT2D eigenvalue weighted by molar-refractivity contribution is -0.143. The van der Waals surface area contributed by atoms with E-state index in [1.165, 1.54) is 7.11 Å². The SMILES string of the molecule is COC(=O)[C@H](c1ccc(Br)cc1)C(C)C. The van der Waals surface area contributed by atoms with Gasteiger partial charge in [0, 0.05) is 4.47 Å².